The van der Waals surface area contributed by atoms with Crippen molar-refractivity contribution in [3.8, 4) is 17.3 Å². The van der Waals surface area contributed by atoms with Crippen molar-refractivity contribution in [2.24, 2.45) is 30.0 Å². The molecule has 3 atom stereocenters. The largest absolute Gasteiger partial charge is 0.494 e. The predicted molar refractivity (Wildman–Crippen MR) is 178 cm³/mol. The summed E-state index contributed by atoms with van der Waals surface area (Å²) in [6, 6.07) is 13.1. The molecule has 2 amide bonds. The fraction of sp³-hybridized carbons (Fsp3) is 0.528. The number of aryl methyl sites for hydroxylation is 1. The Morgan fingerprint density at radius 3 is 2.59 bits per heavy atom. The van der Waals surface area contributed by atoms with Gasteiger partial charge in [0, 0.05) is 68.5 Å². The number of amides is 2. The number of hydrogen-bond donors (Lipinski definition) is 2. The van der Waals surface area contributed by atoms with Crippen molar-refractivity contribution in [3.63, 3.8) is 0 Å². The van der Waals surface area contributed by atoms with Gasteiger partial charge in [0.15, 0.2) is 5.82 Å². The van der Waals surface area contributed by atoms with Gasteiger partial charge in [-0.3, -0.25) is 9.59 Å². The highest BCUT2D eigenvalue weighted by atomic mass is 16.5. The van der Waals surface area contributed by atoms with E-state index in [9.17, 15) is 9.59 Å². The summed E-state index contributed by atoms with van der Waals surface area (Å²) in [5.74, 6) is 2.85. The van der Waals surface area contributed by atoms with Crippen molar-refractivity contribution >= 4 is 39.4 Å². The number of likely N-dealkylation sites (tertiary alicyclic amines) is 1. The lowest BCUT2D eigenvalue weighted by Crippen LogP contribution is -2.43. The third-order valence-electron chi connectivity index (χ3n) is 12.0. The Kier molecular flexibility index (Phi) is 6.27. The van der Waals surface area contributed by atoms with E-state index in [1.807, 2.05) is 24.1 Å². The molecule has 2 bridgehead atoms. The van der Waals surface area contributed by atoms with E-state index in [0.717, 1.165) is 87.4 Å². The van der Waals surface area contributed by atoms with Crippen LogP contribution < -0.4 is 20.7 Å². The highest BCUT2D eigenvalue weighted by molar-refractivity contribution is 6.00. The van der Waals surface area contributed by atoms with Crippen LogP contribution in [0.4, 0.5) is 5.69 Å². The minimum absolute atomic E-state index is 0.0163. The molecular weight excluding hydrogens is 578 g/mol. The van der Waals surface area contributed by atoms with Gasteiger partial charge in [-0.2, -0.15) is 0 Å². The number of ether oxygens (including phenoxy) is 1. The van der Waals surface area contributed by atoms with Gasteiger partial charge in [-0.05, 0) is 87.1 Å². The number of anilines is 1. The lowest BCUT2D eigenvalue weighted by Gasteiger charge is -2.38. The van der Waals surface area contributed by atoms with Crippen molar-refractivity contribution in [2.75, 3.05) is 38.2 Å². The molecule has 3 N–H and O–H groups in total. The van der Waals surface area contributed by atoms with E-state index in [1.165, 1.54) is 29.4 Å². The Morgan fingerprint density at radius 1 is 1.09 bits per heavy atom. The average molecular weight is 622 g/mol. The van der Waals surface area contributed by atoms with E-state index in [2.05, 4.69) is 43.6 Å². The first-order chi connectivity index (χ1) is 22.3. The number of fused-ring (bicyclic) bond motifs is 4. The number of rotatable bonds is 6. The van der Waals surface area contributed by atoms with Gasteiger partial charge >= 0.3 is 0 Å². The summed E-state index contributed by atoms with van der Waals surface area (Å²) >= 11 is 0. The summed E-state index contributed by atoms with van der Waals surface area (Å²) in [5, 5.41) is 4.25. The summed E-state index contributed by atoms with van der Waals surface area (Å²) in [4.78, 5) is 35.9. The molecule has 2 aromatic carbocycles. The SMILES string of the molecule is COc1cc(C(=O)N2CC3CCC2[C@@H]3N)cc2nc(-c3cc4ccc(N5CCC6(CCNC6=O)CC5)cc4n3CC3CC3)n(C)c12. The number of benzene rings is 2. The third-order valence-corrected chi connectivity index (χ3v) is 12.0. The zero-order valence-corrected chi connectivity index (χ0v) is 26.8. The zero-order valence-electron chi connectivity index (χ0n) is 26.8. The van der Waals surface area contributed by atoms with Crippen LogP contribution in [0, 0.1) is 17.3 Å². The highest BCUT2D eigenvalue weighted by Crippen LogP contribution is 2.42. The van der Waals surface area contributed by atoms with Gasteiger partial charge in [-0.1, -0.05) is 6.07 Å². The van der Waals surface area contributed by atoms with Gasteiger partial charge in [0.25, 0.3) is 5.91 Å². The lowest BCUT2D eigenvalue weighted by molar-refractivity contribution is -0.128. The Labute approximate surface area is 268 Å². The van der Waals surface area contributed by atoms with Crippen molar-refractivity contribution in [2.45, 2.75) is 63.6 Å². The van der Waals surface area contributed by atoms with E-state index in [-0.39, 0.29) is 29.3 Å². The number of imidazole rings is 1. The van der Waals surface area contributed by atoms with Crippen LogP contribution in [0.3, 0.4) is 0 Å². The first-order valence-corrected chi connectivity index (χ1v) is 17.1. The van der Waals surface area contributed by atoms with Crippen LogP contribution in [0.2, 0.25) is 0 Å². The Balaban J connectivity index is 1.08. The summed E-state index contributed by atoms with van der Waals surface area (Å²) < 4.78 is 10.5. The van der Waals surface area contributed by atoms with Crippen LogP contribution in [0.5, 0.6) is 5.75 Å². The molecule has 10 nitrogen and oxygen atoms in total. The average Bonchev–Trinajstić information content (AvgIpc) is 3.25. The molecule has 2 aromatic heterocycles. The molecule has 0 radical (unpaired) electrons. The molecule has 5 fully saturated rings. The van der Waals surface area contributed by atoms with Gasteiger partial charge < -0.3 is 34.7 Å². The topological polar surface area (TPSA) is 111 Å². The number of nitrogens with one attached hydrogen (secondary N) is 1. The molecule has 5 heterocycles. The number of nitrogens with zero attached hydrogens (tertiary/aromatic N) is 5. The molecule has 3 saturated heterocycles. The minimum Gasteiger partial charge on any atom is -0.494 e. The number of aromatic nitrogens is 3. The summed E-state index contributed by atoms with van der Waals surface area (Å²) in [7, 11) is 3.71. The van der Waals surface area contributed by atoms with E-state index in [4.69, 9.17) is 15.5 Å². The second kappa shape index (κ2) is 10.2. The summed E-state index contributed by atoms with van der Waals surface area (Å²) in [6.45, 7) is 4.28. The van der Waals surface area contributed by atoms with Gasteiger partial charge in [-0.15, -0.1) is 0 Å². The van der Waals surface area contributed by atoms with Gasteiger partial charge in [0.2, 0.25) is 5.91 Å². The monoisotopic (exact) mass is 621 g/mol. The Bertz CT molecular complexity index is 1900. The van der Waals surface area contributed by atoms with Crippen LogP contribution in [-0.2, 0) is 18.4 Å². The van der Waals surface area contributed by atoms with Crippen molar-refractivity contribution in [1.29, 1.82) is 0 Å². The summed E-state index contributed by atoms with van der Waals surface area (Å²) in [5.41, 5.74) is 12.0. The van der Waals surface area contributed by atoms with Crippen LogP contribution >= 0.6 is 0 Å². The van der Waals surface area contributed by atoms with E-state index in [0.29, 0.717) is 23.1 Å². The van der Waals surface area contributed by atoms with E-state index >= 15 is 0 Å². The summed E-state index contributed by atoms with van der Waals surface area (Å²) in [6.07, 6.45) is 7.35. The van der Waals surface area contributed by atoms with E-state index < -0.39 is 0 Å². The fourth-order valence-corrected chi connectivity index (χ4v) is 9.03. The molecule has 1 spiro atoms. The predicted octanol–water partition coefficient (Wildman–Crippen LogP) is 4.28. The quantitative estimate of drug-likeness (QED) is 0.333. The second-order valence-electron chi connectivity index (χ2n) is 14.6. The molecule has 2 saturated carbocycles. The Hall–Kier alpha value is -4.05. The molecule has 4 aromatic rings. The molecule has 46 heavy (non-hydrogen) atoms. The number of carbonyl (C=O) groups excluding carboxylic acids is 2. The van der Waals surface area contributed by atoms with Gasteiger partial charge in [0.1, 0.15) is 11.3 Å². The van der Waals surface area contributed by atoms with Crippen molar-refractivity contribution in [1.82, 2.24) is 24.3 Å². The molecule has 240 valence electrons. The molecular formula is C36H43N7O3. The van der Waals surface area contributed by atoms with Crippen LogP contribution in [0.1, 0.15) is 55.3 Å². The first-order valence-electron chi connectivity index (χ1n) is 17.1. The maximum Gasteiger partial charge on any atom is 0.254 e. The zero-order chi connectivity index (χ0) is 31.3. The number of methoxy groups -OCH3 is 1. The normalized spacial score (nSPS) is 25.4. The third kappa shape index (κ3) is 4.21. The first kappa shape index (κ1) is 28.2. The highest BCUT2D eigenvalue weighted by Gasteiger charge is 2.47. The number of piperidine rings is 2. The molecule has 2 aliphatic carbocycles. The molecule has 9 rings (SSSR count). The smallest absolute Gasteiger partial charge is 0.254 e. The lowest BCUT2D eigenvalue weighted by atomic mass is 9.77. The van der Waals surface area contributed by atoms with Crippen LogP contribution in [-0.4, -0.2) is 76.2 Å². The minimum atomic E-state index is -0.174. The molecule has 5 aliphatic rings. The Morgan fingerprint density at radius 2 is 1.91 bits per heavy atom. The number of nitrogens with two attached hydrogens (primary N) is 1. The van der Waals surface area contributed by atoms with Gasteiger partial charge in [-0.25, -0.2) is 4.98 Å². The molecule has 3 aliphatic heterocycles. The standard InChI is InChI=1S/C36H43N7O3/c1-40-32-26(15-24(17-30(32)46-2)34(44)43-20-23-6-8-27(43)31(23)37)39-33(40)29-16-22-5-7-25(18-28(22)42(29)19-21-3-4-21)41-13-10-36(11-14-41)9-12-38-35(36)45/h5,7,15-18,21,23,27,31H,3-4,6,8-14,19-20,37H2,1-2H3,(H,38,45)/t23?,27?,31-/m1/s1. The van der Waals surface area contributed by atoms with E-state index in [1.54, 1.807) is 7.11 Å². The molecule has 2 unspecified atom stereocenters. The van der Waals surface area contributed by atoms with Gasteiger partial charge in [0.05, 0.1) is 29.3 Å². The fourth-order valence-electron chi connectivity index (χ4n) is 9.03. The maximum atomic E-state index is 13.8. The number of carbonyl (C=O) groups is 2. The number of hydrogen-bond acceptors (Lipinski definition) is 6. The second-order valence-corrected chi connectivity index (χ2v) is 14.6. The van der Waals surface area contributed by atoms with Crippen LogP contribution in [0.15, 0.2) is 36.4 Å². The van der Waals surface area contributed by atoms with Crippen molar-refractivity contribution in [3.05, 3.63) is 42.0 Å². The molecule has 10 heteroatoms. The van der Waals surface area contributed by atoms with Crippen LogP contribution in [0.25, 0.3) is 33.5 Å². The maximum absolute atomic E-state index is 13.8. The van der Waals surface area contributed by atoms with Crippen molar-refractivity contribution < 1.29 is 14.3 Å².